The Morgan fingerprint density at radius 3 is 2.23 bits per heavy atom. The van der Waals surface area contributed by atoms with Crippen LogP contribution in [0.3, 0.4) is 0 Å². The highest BCUT2D eigenvalue weighted by Crippen LogP contribution is 2.35. The van der Waals surface area contributed by atoms with Gasteiger partial charge < -0.3 is 14.4 Å². The molecular weight excluding hydrogens is 484 g/mol. The van der Waals surface area contributed by atoms with Gasteiger partial charge in [-0.1, -0.05) is 56.7 Å². The first-order chi connectivity index (χ1) is 19.0. The van der Waals surface area contributed by atoms with Crippen LogP contribution in [0.15, 0.2) is 42.5 Å². The number of nitrogens with zero attached hydrogens (tertiary/aromatic N) is 4. The molecule has 1 atom stereocenters. The minimum absolute atomic E-state index is 0.0443. The van der Waals surface area contributed by atoms with Gasteiger partial charge in [-0.3, -0.25) is 9.59 Å². The molecule has 3 aliphatic rings. The fourth-order valence-electron chi connectivity index (χ4n) is 7.24. The van der Waals surface area contributed by atoms with E-state index in [4.69, 9.17) is 4.98 Å². The molecule has 1 aliphatic heterocycles. The molecule has 1 unspecified atom stereocenters. The third-order valence-corrected chi connectivity index (χ3v) is 9.49. The van der Waals surface area contributed by atoms with E-state index in [1.165, 1.54) is 49.7 Å². The second-order valence-corrected chi connectivity index (χ2v) is 12.1. The average Bonchev–Trinajstić information content (AvgIpc) is 3.52. The Bertz CT molecular complexity index is 1330. The van der Waals surface area contributed by atoms with Crippen molar-refractivity contribution in [2.45, 2.75) is 109 Å². The van der Waals surface area contributed by atoms with Crippen LogP contribution in [0.4, 0.5) is 5.69 Å². The molecule has 206 valence electrons. The average molecular weight is 527 g/mol. The maximum Gasteiger partial charge on any atom is 0.243 e. The molecule has 6 heteroatoms. The van der Waals surface area contributed by atoms with Gasteiger partial charge >= 0.3 is 0 Å². The molecule has 3 aromatic rings. The predicted molar refractivity (Wildman–Crippen MR) is 156 cm³/mol. The van der Waals surface area contributed by atoms with Gasteiger partial charge in [-0.15, -0.1) is 0 Å². The number of hydrogen-bond acceptors (Lipinski definition) is 3. The van der Waals surface area contributed by atoms with Gasteiger partial charge in [0.2, 0.25) is 11.8 Å². The van der Waals surface area contributed by atoms with Crippen molar-refractivity contribution in [3.8, 4) is 0 Å². The lowest BCUT2D eigenvalue weighted by Crippen LogP contribution is -2.50. The molecule has 0 radical (unpaired) electrons. The number of carbonyl (C=O) groups excluding carboxylic acids is 2. The van der Waals surface area contributed by atoms with Crippen molar-refractivity contribution in [3.05, 3.63) is 59.4 Å². The largest absolute Gasteiger partial charge is 0.335 e. The van der Waals surface area contributed by atoms with E-state index < -0.39 is 0 Å². The molecule has 3 fully saturated rings. The Kier molecular flexibility index (Phi) is 7.46. The van der Waals surface area contributed by atoms with Crippen molar-refractivity contribution in [3.63, 3.8) is 0 Å². The normalized spacial score (nSPS) is 21.1. The number of benzene rings is 2. The third kappa shape index (κ3) is 5.22. The number of carbonyl (C=O) groups is 2. The fourth-order valence-corrected chi connectivity index (χ4v) is 7.24. The summed E-state index contributed by atoms with van der Waals surface area (Å²) < 4.78 is 2.14. The van der Waals surface area contributed by atoms with Crippen LogP contribution in [0, 0.1) is 13.8 Å². The molecule has 6 rings (SSSR count). The molecular formula is C33H42N4O2. The van der Waals surface area contributed by atoms with Crippen LogP contribution in [0.1, 0.15) is 93.5 Å². The van der Waals surface area contributed by atoms with Gasteiger partial charge in [-0.25, -0.2) is 4.98 Å². The number of aryl methyl sites for hydroxylation is 2. The maximum absolute atomic E-state index is 14.2. The zero-order valence-electron chi connectivity index (χ0n) is 23.6. The van der Waals surface area contributed by atoms with Gasteiger partial charge in [-0.05, 0) is 74.9 Å². The van der Waals surface area contributed by atoms with Gasteiger partial charge in [0.05, 0.1) is 11.0 Å². The lowest BCUT2D eigenvalue weighted by molar-refractivity contribution is -0.138. The Labute approximate surface area is 232 Å². The molecule has 1 saturated heterocycles. The molecule has 2 saturated carbocycles. The Balaban J connectivity index is 1.31. The van der Waals surface area contributed by atoms with Crippen LogP contribution >= 0.6 is 0 Å². The Morgan fingerprint density at radius 2 is 1.56 bits per heavy atom. The molecule has 2 aromatic carbocycles. The highest BCUT2D eigenvalue weighted by atomic mass is 16.2. The summed E-state index contributed by atoms with van der Waals surface area (Å²) >= 11 is 0. The van der Waals surface area contributed by atoms with Crippen LogP contribution in [0.5, 0.6) is 0 Å². The highest BCUT2D eigenvalue weighted by Gasteiger charge is 2.37. The lowest BCUT2D eigenvalue weighted by atomic mass is 9.88. The summed E-state index contributed by atoms with van der Waals surface area (Å²) in [5.74, 6) is 1.18. The molecule has 39 heavy (non-hydrogen) atoms. The minimum atomic E-state index is -0.0443. The summed E-state index contributed by atoms with van der Waals surface area (Å²) in [4.78, 5) is 36.7. The second kappa shape index (κ2) is 11.1. The van der Waals surface area contributed by atoms with E-state index in [9.17, 15) is 9.59 Å². The van der Waals surface area contributed by atoms with E-state index in [0.29, 0.717) is 31.6 Å². The number of hydrogen-bond donors (Lipinski definition) is 0. The summed E-state index contributed by atoms with van der Waals surface area (Å²) in [6.45, 7) is 5.08. The van der Waals surface area contributed by atoms with E-state index in [2.05, 4.69) is 41.5 Å². The van der Waals surface area contributed by atoms with Crippen LogP contribution < -0.4 is 4.90 Å². The number of imidazole rings is 1. The van der Waals surface area contributed by atoms with Crippen molar-refractivity contribution in [1.29, 1.82) is 0 Å². The van der Waals surface area contributed by atoms with Gasteiger partial charge in [0.25, 0.3) is 0 Å². The molecule has 0 spiro atoms. The van der Waals surface area contributed by atoms with Gasteiger partial charge in [0.1, 0.15) is 12.4 Å². The summed E-state index contributed by atoms with van der Waals surface area (Å²) in [6, 6.07) is 15.1. The highest BCUT2D eigenvalue weighted by molar-refractivity contribution is 5.96. The van der Waals surface area contributed by atoms with E-state index in [1.807, 2.05) is 29.2 Å². The molecule has 0 N–H and O–H groups in total. The minimum Gasteiger partial charge on any atom is -0.335 e. The number of para-hydroxylation sites is 2. The first kappa shape index (κ1) is 26.1. The topological polar surface area (TPSA) is 58.4 Å². The van der Waals surface area contributed by atoms with Gasteiger partial charge in [0, 0.05) is 36.7 Å². The first-order valence-electron chi connectivity index (χ1n) is 15.1. The van der Waals surface area contributed by atoms with Crippen molar-refractivity contribution >= 4 is 28.5 Å². The third-order valence-electron chi connectivity index (χ3n) is 9.49. The number of fused-ring (bicyclic) bond motifs is 1. The first-order valence-corrected chi connectivity index (χ1v) is 15.1. The second-order valence-electron chi connectivity index (χ2n) is 12.1. The van der Waals surface area contributed by atoms with E-state index in [1.54, 1.807) is 0 Å². The monoisotopic (exact) mass is 526 g/mol. The number of anilines is 1. The Morgan fingerprint density at radius 1 is 0.897 bits per heavy atom. The van der Waals surface area contributed by atoms with E-state index in [-0.39, 0.29) is 17.7 Å². The maximum atomic E-state index is 14.2. The van der Waals surface area contributed by atoms with Crippen LogP contribution in [-0.4, -0.2) is 44.9 Å². The van der Waals surface area contributed by atoms with E-state index in [0.717, 1.165) is 48.2 Å². The predicted octanol–water partition coefficient (Wildman–Crippen LogP) is 6.67. The summed E-state index contributed by atoms with van der Waals surface area (Å²) in [7, 11) is 0. The molecule has 6 nitrogen and oxygen atoms in total. The number of aromatic nitrogens is 2. The fraction of sp³-hybridized carbons (Fsp3) is 0.545. The molecule has 1 aromatic heterocycles. The summed E-state index contributed by atoms with van der Waals surface area (Å²) in [5, 5.41) is 0. The van der Waals surface area contributed by atoms with Crippen LogP contribution in [0.2, 0.25) is 0 Å². The van der Waals surface area contributed by atoms with Gasteiger partial charge in [-0.2, -0.15) is 0 Å². The standard InChI is InChI=1S/C33H42N4O2/c1-23-17-18-28(19-24(23)2)35-21-25(20-31(35)38)33-34-29-15-9-10-16-30(29)36(33)22-32(39)37(26-11-5-3-6-12-26)27-13-7-4-8-14-27/h9-10,15-19,25-27H,3-8,11-14,20-22H2,1-2H3. The van der Waals surface area contributed by atoms with Crippen molar-refractivity contribution < 1.29 is 9.59 Å². The van der Waals surface area contributed by atoms with Crippen molar-refractivity contribution in [2.75, 3.05) is 11.4 Å². The zero-order valence-corrected chi connectivity index (χ0v) is 23.6. The van der Waals surface area contributed by atoms with Crippen LogP contribution in [0.25, 0.3) is 11.0 Å². The van der Waals surface area contributed by atoms with Crippen molar-refractivity contribution in [1.82, 2.24) is 14.5 Å². The molecule has 2 aliphatic carbocycles. The van der Waals surface area contributed by atoms with Crippen LogP contribution in [-0.2, 0) is 16.1 Å². The Hall–Kier alpha value is -3.15. The molecule has 2 heterocycles. The number of amides is 2. The SMILES string of the molecule is Cc1ccc(N2CC(c3nc4ccccc4n3CC(=O)N(C3CCCCC3)C3CCCCC3)CC2=O)cc1C. The van der Waals surface area contributed by atoms with Crippen molar-refractivity contribution in [2.24, 2.45) is 0 Å². The van der Waals surface area contributed by atoms with E-state index >= 15 is 0 Å². The summed E-state index contributed by atoms with van der Waals surface area (Å²) in [5.41, 5.74) is 5.25. The van der Waals surface area contributed by atoms with Gasteiger partial charge in [0.15, 0.2) is 0 Å². The quantitative estimate of drug-likeness (QED) is 0.361. The molecule has 2 amide bonds. The summed E-state index contributed by atoms with van der Waals surface area (Å²) in [6.07, 6.45) is 12.4. The molecule has 0 bridgehead atoms. The smallest absolute Gasteiger partial charge is 0.243 e. The number of rotatable bonds is 6. The zero-order chi connectivity index (χ0) is 26.9. The lowest BCUT2D eigenvalue weighted by Gasteiger charge is -2.42.